The molecule has 192 valence electrons. The molecule has 2 aromatic carbocycles. The fraction of sp³-hybridized carbons (Fsp3) is 0.308. The van der Waals surface area contributed by atoms with Crippen LogP contribution in [0.15, 0.2) is 54.0 Å². The Labute approximate surface area is 212 Å². The zero-order chi connectivity index (χ0) is 26.1. The summed E-state index contributed by atoms with van der Waals surface area (Å²) in [5.74, 6) is 1.33. The molecule has 0 saturated carbocycles. The molecule has 1 aromatic heterocycles. The molecule has 0 amide bonds. The molecule has 11 nitrogen and oxygen atoms in total. The molecular formula is C26H26N4O7. The van der Waals surface area contributed by atoms with E-state index in [9.17, 15) is 9.59 Å². The molecule has 2 heterocycles. The maximum atomic E-state index is 13.7. The van der Waals surface area contributed by atoms with Crippen LogP contribution in [0.5, 0.6) is 23.0 Å². The number of carboxylic acids is 1. The molecule has 0 radical (unpaired) electrons. The summed E-state index contributed by atoms with van der Waals surface area (Å²) < 4.78 is 23.4. The first-order valence-electron chi connectivity index (χ1n) is 11.6. The zero-order valence-corrected chi connectivity index (χ0v) is 20.6. The molecule has 0 bridgehead atoms. The van der Waals surface area contributed by atoms with E-state index in [1.807, 2.05) is 24.3 Å². The van der Waals surface area contributed by atoms with Crippen molar-refractivity contribution in [3.05, 3.63) is 65.1 Å². The zero-order valence-electron chi connectivity index (χ0n) is 20.6. The SMILES string of the molecule is COc1cc([C@H]2CC(=O)C3=C(C2)Nc2ncnn2[C@H]3c2ccc(OCC(=O)O)cc2)cc(OC)c1OC. The number of rotatable bonds is 8. The Balaban J connectivity index is 1.50. The Morgan fingerprint density at radius 3 is 2.38 bits per heavy atom. The summed E-state index contributed by atoms with van der Waals surface area (Å²) in [6, 6.07) is 10.3. The van der Waals surface area contributed by atoms with E-state index in [1.54, 1.807) is 38.1 Å². The number of nitrogens with one attached hydrogen (secondary N) is 1. The lowest BCUT2D eigenvalue weighted by Crippen LogP contribution is -2.33. The number of nitrogens with zero attached hydrogens (tertiary/aromatic N) is 3. The van der Waals surface area contributed by atoms with Crippen LogP contribution in [0.1, 0.15) is 35.9 Å². The second-order valence-electron chi connectivity index (χ2n) is 8.69. The minimum absolute atomic E-state index is 0.00939. The number of carbonyl (C=O) groups excluding carboxylic acids is 1. The van der Waals surface area contributed by atoms with Crippen molar-refractivity contribution in [3.63, 3.8) is 0 Å². The fourth-order valence-corrected chi connectivity index (χ4v) is 4.92. The second-order valence-corrected chi connectivity index (χ2v) is 8.69. The number of methoxy groups -OCH3 is 3. The van der Waals surface area contributed by atoms with Gasteiger partial charge in [0.2, 0.25) is 11.7 Å². The quantitative estimate of drug-likeness (QED) is 0.469. The molecule has 0 spiro atoms. The van der Waals surface area contributed by atoms with Gasteiger partial charge >= 0.3 is 5.97 Å². The summed E-state index contributed by atoms with van der Waals surface area (Å²) in [6.45, 7) is -0.434. The van der Waals surface area contributed by atoms with Gasteiger partial charge in [-0.3, -0.25) is 4.79 Å². The molecule has 3 aromatic rings. The van der Waals surface area contributed by atoms with Crippen LogP contribution in [0.25, 0.3) is 0 Å². The van der Waals surface area contributed by atoms with Gasteiger partial charge in [0.05, 0.1) is 21.3 Å². The van der Waals surface area contributed by atoms with E-state index in [1.165, 1.54) is 6.33 Å². The predicted octanol–water partition coefficient (Wildman–Crippen LogP) is 3.18. The van der Waals surface area contributed by atoms with E-state index < -0.39 is 18.6 Å². The topological polar surface area (TPSA) is 134 Å². The van der Waals surface area contributed by atoms with Crippen LogP contribution < -0.4 is 24.3 Å². The van der Waals surface area contributed by atoms with Crippen molar-refractivity contribution < 1.29 is 33.6 Å². The Kier molecular flexibility index (Phi) is 6.43. The van der Waals surface area contributed by atoms with Gasteiger partial charge in [0, 0.05) is 17.7 Å². The Hall–Kier alpha value is -4.54. The number of hydrogen-bond donors (Lipinski definition) is 2. The monoisotopic (exact) mass is 506 g/mol. The van der Waals surface area contributed by atoms with Gasteiger partial charge in [0.1, 0.15) is 18.1 Å². The van der Waals surface area contributed by atoms with Gasteiger partial charge in [-0.05, 0) is 47.7 Å². The van der Waals surface area contributed by atoms with Crippen LogP contribution in [-0.4, -0.2) is 59.6 Å². The average molecular weight is 507 g/mol. The minimum atomic E-state index is -1.06. The maximum absolute atomic E-state index is 13.7. The van der Waals surface area contributed by atoms with Crippen LogP contribution in [0.3, 0.4) is 0 Å². The summed E-state index contributed by atoms with van der Waals surface area (Å²) in [6.07, 6.45) is 2.31. The van der Waals surface area contributed by atoms with E-state index in [0.717, 1.165) is 16.8 Å². The highest BCUT2D eigenvalue weighted by Crippen LogP contribution is 2.47. The molecule has 11 heteroatoms. The molecule has 1 aliphatic carbocycles. The number of aliphatic carboxylic acids is 1. The molecule has 0 unspecified atom stereocenters. The Morgan fingerprint density at radius 1 is 1.05 bits per heavy atom. The molecular weight excluding hydrogens is 480 g/mol. The van der Waals surface area contributed by atoms with Crippen molar-refractivity contribution in [1.82, 2.24) is 14.8 Å². The second kappa shape index (κ2) is 9.84. The number of carbonyl (C=O) groups is 2. The lowest BCUT2D eigenvalue weighted by molar-refractivity contribution is -0.139. The highest BCUT2D eigenvalue weighted by atomic mass is 16.5. The van der Waals surface area contributed by atoms with E-state index >= 15 is 0 Å². The summed E-state index contributed by atoms with van der Waals surface area (Å²) in [5, 5.41) is 16.5. The fourth-order valence-electron chi connectivity index (χ4n) is 4.92. The standard InChI is InChI=1S/C26H26N4O7/c1-34-20-10-16(11-21(35-2)25(20)36-3)15-8-18-23(19(31)9-15)24(30-26(29-18)27-13-28-30)14-4-6-17(7-5-14)37-12-22(32)33/h4-7,10-11,13,15,24H,8-9,12H2,1-3H3,(H,32,33)(H,27,28,29)/t15-,24+/m1/s1. The third-order valence-corrected chi connectivity index (χ3v) is 6.58. The van der Waals surface area contributed by atoms with Gasteiger partial charge in [-0.1, -0.05) is 12.1 Å². The largest absolute Gasteiger partial charge is 0.493 e. The lowest BCUT2D eigenvalue weighted by atomic mass is 9.77. The number of anilines is 1. The average Bonchev–Trinajstić information content (AvgIpc) is 3.38. The van der Waals surface area contributed by atoms with Gasteiger partial charge in [-0.25, -0.2) is 9.48 Å². The number of hydrogen-bond acceptors (Lipinski definition) is 9. The van der Waals surface area contributed by atoms with Crippen LogP contribution in [0.4, 0.5) is 5.95 Å². The van der Waals surface area contributed by atoms with Gasteiger partial charge in [0.15, 0.2) is 23.9 Å². The first kappa shape index (κ1) is 24.2. The third-order valence-electron chi connectivity index (χ3n) is 6.58. The first-order valence-corrected chi connectivity index (χ1v) is 11.6. The Morgan fingerprint density at radius 2 is 1.76 bits per heavy atom. The maximum Gasteiger partial charge on any atom is 0.341 e. The van der Waals surface area contributed by atoms with Crippen molar-refractivity contribution in [2.45, 2.75) is 24.8 Å². The number of benzene rings is 2. The summed E-state index contributed by atoms with van der Waals surface area (Å²) in [7, 11) is 4.67. The van der Waals surface area contributed by atoms with Crippen molar-refractivity contribution in [3.8, 4) is 23.0 Å². The molecule has 0 saturated heterocycles. The molecule has 1 aliphatic heterocycles. The van der Waals surface area contributed by atoms with E-state index in [-0.39, 0.29) is 11.7 Å². The molecule has 2 atom stereocenters. The van der Waals surface area contributed by atoms with E-state index in [2.05, 4.69) is 15.4 Å². The van der Waals surface area contributed by atoms with Crippen LogP contribution >= 0.6 is 0 Å². The highest BCUT2D eigenvalue weighted by molar-refractivity contribution is 6.00. The minimum Gasteiger partial charge on any atom is -0.493 e. The molecule has 2 N–H and O–H groups in total. The molecule has 5 rings (SSSR count). The molecule has 37 heavy (non-hydrogen) atoms. The van der Waals surface area contributed by atoms with E-state index in [4.69, 9.17) is 24.1 Å². The normalized spacial score (nSPS) is 18.4. The van der Waals surface area contributed by atoms with Crippen molar-refractivity contribution in [1.29, 1.82) is 0 Å². The third kappa shape index (κ3) is 4.44. The number of Topliss-reactive ketones (excluding diaryl/α,β-unsaturated/α-hetero) is 1. The van der Waals surface area contributed by atoms with Crippen molar-refractivity contribution in [2.24, 2.45) is 0 Å². The smallest absolute Gasteiger partial charge is 0.341 e. The summed E-state index contributed by atoms with van der Waals surface area (Å²) in [4.78, 5) is 28.8. The van der Waals surface area contributed by atoms with Gasteiger partial charge < -0.3 is 29.4 Å². The van der Waals surface area contributed by atoms with Gasteiger partial charge in [-0.2, -0.15) is 10.1 Å². The number of carboxylic acid groups (broad SMARTS) is 1. The first-order chi connectivity index (χ1) is 17.9. The molecule has 0 fully saturated rings. The summed E-state index contributed by atoms with van der Waals surface area (Å²) in [5.41, 5.74) is 3.12. The summed E-state index contributed by atoms with van der Waals surface area (Å²) >= 11 is 0. The number of ether oxygens (including phenoxy) is 4. The van der Waals surface area contributed by atoms with Crippen LogP contribution in [-0.2, 0) is 9.59 Å². The number of ketones is 1. The Bertz CT molecular complexity index is 1350. The van der Waals surface area contributed by atoms with Gasteiger partial charge in [-0.15, -0.1) is 0 Å². The number of aromatic nitrogens is 3. The van der Waals surface area contributed by atoms with E-state index in [0.29, 0.717) is 47.4 Å². The lowest BCUT2D eigenvalue weighted by Gasteiger charge is -2.35. The number of allylic oxidation sites excluding steroid dienone is 2. The number of fused-ring (bicyclic) bond motifs is 1. The van der Waals surface area contributed by atoms with Crippen LogP contribution in [0.2, 0.25) is 0 Å². The van der Waals surface area contributed by atoms with Crippen LogP contribution in [0, 0.1) is 0 Å². The predicted molar refractivity (Wildman–Crippen MR) is 131 cm³/mol. The van der Waals surface area contributed by atoms with Crippen molar-refractivity contribution >= 4 is 17.7 Å². The molecule has 2 aliphatic rings. The van der Waals surface area contributed by atoms with Gasteiger partial charge in [0.25, 0.3) is 0 Å². The van der Waals surface area contributed by atoms with Crippen molar-refractivity contribution in [2.75, 3.05) is 33.3 Å². The highest BCUT2D eigenvalue weighted by Gasteiger charge is 2.39.